The van der Waals surface area contributed by atoms with Gasteiger partial charge in [-0.15, -0.1) is 0 Å². The molecule has 3 nitrogen and oxygen atoms in total. The monoisotopic (exact) mass is 258 g/mol. The molecule has 1 heterocycles. The number of fused-ring (bicyclic) bond motifs is 1. The number of ether oxygens (including phenoxy) is 1. The van der Waals surface area contributed by atoms with Gasteiger partial charge in [0.25, 0.3) is 0 Å². The van der Waals surface area contributed by atoms with E-state index >= 15 is 0 Å². The number of nitrogens with one attached hydrogen (secondary N) is 1. The van der Waals surface area contributed by atoms with E-state index in [9.17, 15) is 4.39 Å². The molecule has 0 radical (unpaired) electrons. The van der Waals surface area contributed by atoms with Crippen LogP contribution in [0.15, 0.2) is 16.6 Å². The van der Waals surface area contributed by atoms with Crippen LogP contribution >= 0.6 is 15.9 Å². The lowest BCUT2D eigenvalue weighted by Gasteiger charge is -1.92. The third kappa shape index (κ3) is 1.65. The molecule has 1 N–H and O–H groups in total. The van der Waals surface area contributed by atoms with Crippen LogP contribution in [0.2, 0.25) is 0 Å². The first-order valence-electron chi connectivity index (χ1n) is 4.03. The zero-order valence-corrected chi connectivity index (χ0v) is 9.06. The second-order valence-corrected chi connectivity index (χ2v) is 3.75. The largest absolute Gasteiger partial charge is 0.377 e. The predicted molar refractivity (Wildman–Crippen MR) is 54.5 cm³/mol. The summed E-state index contributed by atoms with van der Waals surface area (Å²) in [5.74, 6) is 0.394. The lowest BCUT2D eigenvalue weighted by atomic mass is 10.3. The molecule has 74 valence electrons. The van der Waals surface area contributed by atoms with Gasteiger partial charge in [-0.05, 0) is 22.0 Å². The molecule has 0 aliphatic rings. The van der Waals surface area contributed by atoms with E-state index in [0.717, 1.165) is 5.52 Å². The van der Waals surface area contributed by atoms with Crippen molar-refractivity contribution in [3.05, 3.63) is 28.2 Å². The van der Waals surface area contributed by atoms with Gasteiger partial charge in [0, 0.05) is 13.2 Å². The zero-order chi connectivity index (χ0) is 10.1. The maximum absolute atomic E-state index is 13.1. The fourth-order valence-corrected chi connectivity index (χ4v) is 1.59. The van der Waals surface area contributed by atoms with Crippen LogP contribution < -0.4 is 0 Å². The van der Waals surface area contributed by atoms with Crippen LogP contribution in [-0.2, 0) is 11.3 Å². The quantitative estimate of drug-likeness (QED) is 0.900. The molecule has 2 aromatic rings. The van der Waals surface area contributed by atoms with Gasteiger partial charge in [-0.2, -0.15) is 0 Å². The molecular formula is C9H8BrFN2O. The van der Waals surface area contributed by atoms with Crippen molar-refractivity contribution in [3.8, 4) is 0 Å². The SMILES string of the molecule is COCc1nc2cc(Br)c(F)cc2[nH]1. The molecule has 5 heteroatoms. The highest BCUT2D eigenvalue weighted by Crippen LogP contribution is 2.21. The van der Waals surface area contributed by atoms with Crippen molar-refractivity contribution in [3.63, 3.8) is 0 Å². The van der Waals surface area contributed by atoms with Crippen molar-refractivity contribution in [1.82, 2.24) is 9.97 Å². The summed E-state index contributed by atoms with van der Waals surface area (Å²) < 4.78 is 18.5. The number of nitrogens with zero attached hydrogens (tertiary/aromatic N) is 1. The lowest BCUT2D eigenvalue weighted by Crippen LogP contribution is -1.88. The summed E-state index contributed by atoms with van der Waals surface area (Å²) in [4.78, 5) is 7.19. The predicted octanol–water partition coefficient (Wildman–Crippen LogP) is 2.61. The number of hydrogen-bond donors (Lipinski definition) is 1. The smallest absolute Gasteiger partial charge is 0.139 e. The minimum atomic E-state index is -0.301. The summed E-state index contributed by atoms with van der Waals surface area (Å²) >= 11 is 3.10. The molecule has 2 rings (SSSR count). The van der Waals surface area contributed by atoms with E-state index in [0.29, 0.717) is 22.4 Å². The highest BCUT2D eigenvalue weighted by Gasteiger charge is 2.06. The van der Waals surface area contributed by atoms with E-state index in [-0.39, 0.29) is 5.82 Å². The molecule has 0 spiro atoms. The molecule has 0 atom stereocenters. The second kappa shape index (κ2) is 3.67. The summed E-state index contributed by atoms with van der Waals surface area (Å²) in [5.41, 5.74) is 1.41. The molecule has 0 amide bonds. The first kappa shape index (κ1) is 9.61. The molecule has 1 aromatic carbocycles. The van der Waals surface area contributed by atoms with Gasteiger partial charge in [0.05, 0.1) is 15.5 Å². The Bertz CT molecular complexity index is 430. The third-order valence-electron chi connectivity index (χ3n) is 1.85. The topological polar surface area (TPSA) is 37.9 Å². The normalized spacial score (nSPS) is 11.1. The highest BCUT2D eigenvalue weighted by atomic mass is 79.9. The van der Waals surface area contributed by atoms with E-state index in [1.54, 1.807) is 13.2 Å². The number of aromatic nitrogens is 2. The van der Waals surface area contributed by atoms with Crippen molar-refractivity contribution in [1.29, 1.82) is 0 Å². The van der Waals surface area contributed by atoms with Crippen LogP contribution in [0, 0.1) is 5.82 Å². The first-order valence-corrected chi connectivity index (χ1v) is 4.82. The number of benzene rings is 1. The molecule has 0 unspecified atom stereocenters. The van der Waals surface area contributed by atoms with Crippen molar-refractivity contribution in [2.45, 2.75) is 6.61 Å². The van der Waals surface area contributed by atoms with Crippen LogP contribution in [0.5, 0.6) is 0 Å². The summed E-state index contributed by atoms with van der Waals surface area (Å²) in [5, 5.41) is 0. The van der Waals surface area contributed by atoms with Crippen molar-refractivity contribution < 1.29 is 9.13 Å². The Balaban J connectivity index is 2.54. The fraction of sp³-hybridized carbons (Fsp3) is 0.222. The first-order chi connectivity index (χ1) is 6.70. The number of halogens is 2. The Morgan fingerprint density at radius 3 is 3.07 bits per heavy atom. The van der Waals surface area contributed by atoms with E-state index in [4.69, 9.17) is 4.74 Å². The molecule has 0 saturated heterocycles. The van der Waals surface area contributed by atoms with E-state index in [2.05, 4.69) is 25.9 Å². The van der Waals surface area contributed by atoms with Gasteiger partial charge in [-0.3, -0.25) is 0 Å². The average Bonchev–Trinajstić information content (AvgIpc) is 2.48. The lowest BCUT2D eigenvalue weighted by molar-refractivity contribution is 0.179. The van der Waals surface area contributed by atoms with Gasteiger partial charge in [0.1, 0.15) is 18.2 Å². The third-order valence-corrected chi connectivity index (χ3v) is 2.46. The Hall–Kier alpha value is -0.940. The van der Waals surface area contributed by atoms with E-state index in [1.165, 1.54) is 6.07 Å². The summed E-state index contributed by atoms with van der Waals surface area (Å²) in [6.07, 6.45) is 0. The number of hydrogen-bond acceptors (Lipinski definition) is 2. The molecule has 1 aromatic heterocycles. The maximum Gasteiger partial charge on any atom is 0.139 e. The minimum Gasteiger partial charge on any atom is -0.377 e. The standard InChI is InChI=1S/C9H8BrFN2O/c1-14-4-9-12-7-2-5(10)6(11)3-8(7)13-9/h2-3H,4H2,1H3,(H,12,13). The van der Waals surface area contributed by atoms with Gasteiger partial charge in [0.15, 0.2) is 0 Å². The summed E-state index contributed by atoms with van der Waals surface area (Å²) in [6.45, 7) is 0.397. The highest BCUT2D eigenvalue weighted by molar-refractivity contribution is 9.10. The minimum absolute atomic E-state index is 0.301. The van der Waals surface area contributed by atoms with Crippen molar-refractivity contribution >= 4 is 27.0 Å². The molecule has 0 fully saturated rings. The fourth-order valence-electron chi connectivity index (χ4n) is 1.26. The van der Waals surface area contributed by atoms with E-state index in [1.807, 2.05) is 0 Å². The number of imidazole rings is 1. The van der Waals surface area contributed by atoms with Gasteiger partial charge in [-0.1, -0.05) is 0 Å². The molecular weight excluding hydrogens is 251 g/mol. The number of rotatable bonds is 2. The summed E-state index contributed by atoms with van der Waals surface area (Å²) in [7, 11) is 1.59. The van der Waals surface area contributed by atoms with E-state index < -0.39 is 0 Å². The van der Waals surface area contributed by atoms with Crippen molar-refractivity contribution in [2.75, 3.05) is 7.11 Å². The number of aromatic amines is 1. The molecule has 0 aliphatic heterocycles. The molecule has 0 aliphatic carbocycles. The second-order valence-electron chi connectivity index (χ2n) is 2.90. The van der Waals surface area contributed by atoms with Crippen molar-refractivity contribution in [2.24, 2.45) is 0 Å². The number of methoxy groups -OCH3 is 1. The average molecular weight is 259 g/mol. The van der Waals surface area contributed by atoms with Gasteiger partial charge in [-0.25, -0.2) is 9.37 Å². The Morgan fingerprint density at radius 1 is 1.57 bits per heavy atom. The van der Waals surface area contributed by atoms with Gasteiger partial charge < -0.3 is 9.72 Å². The Kier molecular flexibility index (Phi) is 2.52. The molecule has 0 saturated carbocycles. The van der Waals surface area contributed by atoms with Crippen LogP contribution in [-0.4, -0.2) is 17.1 Å². The Morgan fingerprint density at radius 2 is 2.36 bits per heavy atom. The van der Waals surface area contributed by atoms with Crippen LogP contribution in [0.1, 0.15) is 5.82 Å². The molecule has 0 bridgehead atoms. The summed E-state index contributed by atoms with van der Waals surface area (Å²) in [6, 6.07) is 3.05. The van der Waals surface area contributed by atoms with Crippen LogP contribution in [0.3, 0.4) is 0 Å². The van der Waals surface area contributed by atoms with Gasteiger partial charge >= 0.3 is 0 Å². The van der Waals surface area contributed by atoms with Gasteiger partial charge in [0.2, 0.25) is 0 Å². The maximum atomic E-state index is 13.1. The van der Waals surface area contributed by atoms with Crippen LogP contribution in [0.4, 0.5) is 4.39 Å². The molecule has 14 heavy (non-hydrogen) atoms. The Labute approximate surface area is 88.4 Å². The van der Waals surface area contributed by atoms with Crippen LogP contribution in [0.25, 0.3) is 11.0 Å². The zero-order valence-electron chi connectivity index (χ0n) is 7.47. The number of H-pyrrole nitrogens is 1.